The highest BCUT2D eigenvalue weighted by molar-refractivity contribution is 9.10. The van der Waals surface area contributed by atoms with Gasteiger partial charge in [-0.3, -0.25) is 0 Å². The van der Waals surface area contributed by atoms with E-state index < -0.39 is 9.84 Å². The van der Waals surface area contributed by atoms with Crippen LogP contribution in [0.15, 0.2) is 58.0 Å². The third-order valence-corrected chi connectivity index (χ3v) is 6.28. The summed E-state index contributed by atoms with van der Waals surface area (Å²) in [5.74, 6) is 1.34. The molecule has 0 aliphatic heterocycles. The molecule has 0 atom stereocenters. The van der Waals surface area contributed by atoms with Gasteiger partial charge in [0.15, 0.2) is 9.84 Å². The Labute approximate surface area is 159 Å². The largest absolute Gasteiger partial charge is 0.438 e. The van der Waals surface area contributed by atoms with E-state index in [-0.39, 0.29) is 10.6 Å². The van der Waals surface area contributed by atoms with E-state index in [2.05, 4.69) is 20.9 Å². The Kier molecular flexibility index (Phi) is 5.32. The first-order valence-electron chi connectivity index (χ1n) is 7.58. The molecule has 130 valence electrons. The van der Waals surface area contributed by atoms with Gasteiger partial charge in [-0.25, -0.2) is 13.4 Å². The number of hydrogen-bond acceptors (Lipinski definition) is 4. The van der Waals surface area contributed by atoms with Crippen LogP contribution >= 0.6 is 27.5 Å². The lowest BCUT2D eigenvalue weighted by molar-refractivity contribution is 0.466. The Hall–Kier alpha value is -1.63. The number of rotatable bonds is 5. The molecular formula is C18H15BrClNO3S. The van der Waals surface area contributed by atoms with Crippen molar-refractivity contribution < 1.29 is 13.2 Å². The van der Waals surface area contributed by atoms with Crippen molar-refractivity contribution in [1.82, 2.24) is 4.98 Å². The van der Waals surface area contributed by atoms with Crippen molar-refractivity contribution in [2.45, 2.75) is 17.7 Å². The van der Waals surface area contributed by atoms with Crippen molar-refractivity contribution in [3.8, 4) is 11.6 Å². The first kappa shape index (κ1) is 18.2. The van der Waals surface area contributed by atoms with Gasteiger partial charge < -0.3 is 4.74 Å². The van der Waals surface area contributed by atoms with Gasteiger partial charge in [0.2, 0.25) is 5.88 Å². The summed E-state index contributed by atoms with van der Waals surface area (Å²) in [7, 11) is -3.28. The number of pyridine rings is 1. The molecule has 0 aliphatic carbocycles. The van der Waals surface area contributed by atoms with Crippen LogP contribution in [-0.4, -0.2) is 19.2 Å². The zero-order valence-electron chi connectivity index (χ0n) is 13.4. The highest BCUT2D eigenvalue weighted by atomic mass is 79.9. The third-order valence-electron chi connectivity index (χ3n) is 3.76. The smallest absolute Gasteiger partial charge is 0.219 e. The Morgan fingerprint density at radius 3 is 2.60 bits per heavy atom. The normalized spacial score (nSPS) is 11.6. The molecule has 0 N–H and O–H groups in total. The second-order valence-corrected chi connectivity index (χ2v) is 8.89. The third kappa shape index (κ3) is 3.97. The van der Waals surface area contributed by atoms with Crippen LogP contribution in [0.3, 0.4) is 0 Å². The monoisotopic (exact) mass is 439 g/mol. The Bertz CT molecular complexity index is 1020. The van der Waals surface area contributed by atoms with Gasteiger partial charge in [0, 0.05) is 28.0 Å². The van der Waals surface area contributed by atoms with Crippen LogP contribution in [-0.2, 0) is 15.7 Å². The van der Waals surface area contributed by atoms with Crippen LogP contribution in [0.5, 0.6) is 11.6 Å². The number of alkyl halides is 1. The molecule has 0 fully saturated rings. The topological polar surface area (TPSA) is 56.3 Å². The molecule has 0 saturated heterocycles. The fourth-order valence-corrected chi connectivity index (χ4v) is 3.74. The Morgan fingerprint density at radius 1 is 1.16 bits per heavy atom. The van der Waals surface area contributed by atoms with Gasteiger partial charge in [-0.05, 0) is 41.3 Å². The number of hydrogen-bond donors (Lipinski definition) is 0. The summed E-state index contributed by atoms with van der Waals surface area (Å²) < 4.78 is 30.6. The fourth-order valence-electron chi connectivity index (χ4n) is 2.41. The maximum Gasteiger partial charge on any atom is 0.219 e. The van der Waals surface area contributed by atoms with E-state index in [1.165, 1.54) is 12.3 Å². The second kappa shape index (κ2) is 7.32. The number of sulfone groups is 1. The van der Waals surface area contributed by atoms with Gasteiger partial charge >= 0.3 is 0 Å². The van der Waals surface area contributed by atoms with Crippen LogP contribution in [0.1, 0.15) is 12.5 Å². The lowest BCUT2D eigenvalue weighted by atomic mass is 10.1. The van der Waals surface area contributed by atoms with Gasteiger partial charge in [-0.2, -0.15) is 0 Å². The highest BCUT2D eigenvalue weighted by Crippen LogP contribution is 2.33. The molecule has 0 amide bonds. The van der Waals surface area contributed by atoms with E-state index in [4.69, 9.17) is 16.3 Å². The lowest BCUT2D eigenvalue weighted by Gasteiger charge is -2.11. The van der Waals surface area contributed by atoms with Crippen LogP contribution in [0.4, 0.5) is 0 Å². The molecule has 0 spiro atoms. The van der Waals surface area contributed by atoms with Crippen molar-refractivity contribution >= 4 is 48.1 Å². The zero-order valence-corrected chi connectivity index (χ0v) is 16.5. The summed E-state index contributed by atoms with van der Waals surface area (Å²) in [6.07, 6.45) is 1.32. The van der Waals surface area contributed by atoms with E-state index in [1.54, 1.807) is 13.0 Å². The predicted octanol–water partition coefficient (Wildman–Crippen LogP) is 5.32. The molecule has 3 rings (SSSR count). The van der Waals surface area contributed by atoms with Crippen molar-refractivity contribution in [2.75, 3.05) is 5.75 Å². The van der Waals surface area contributed by atoms with Crippen LogP contribution in [0.2, 0.25) is 0 Å². The van der Waals surface area contributed by atoms with Crippen LogP contribution < -0.4 is 4.74 Å². The average molecular weight is 441 g/mol. The number of nitrogens with zero attached hydrogens (tertiary/aromatic N) is 1. The van der Waals surface area contributed by atoms with E-state index in [0.717, 1.165) is 20.8 Å². The maximum absolute atomic E-state index is 11.9. The molecule has 0 aliphatic rings. The lowest BCUT2D eigenvalue weighted by Crippen LogP contribution is -2.04. The summed E-state index contributed by atoms with van der Waals surface area (Å²) in [4.78, 5) is 4.31. The van der Waals surface area contributed by atoms with E-state index in [0.29, 0.717) is 17.5 Å². The number of halogens is 2. The Morgan fingerprint density at radius 2 is 1.96 bits per heavy atom. The Balaban J connectivity index is 2.01. The summed E-state index contributed by atoms with van der Waals surface area (Å²) in [5.41, 5.74) is 0.927. The van der Waals surface area contributed by atoms with Gasteiger partial charge in [0.05, 0.1) is 10.6 Å². The van der Waals surface area contributed by atoms with E-state index in [9.17, 15) is 8.42 Å². The molecule has 3 aromatic rings. The predicted molar refractivity (Wildman–Crippen MR) is 103 cm³/mol. The number of fused-ring (bicyclic) bond motifs is 1. The second-order valence-electron chi connectivity index (χ2n) is 5.43. The summed E-state index contributed by atoms with van der Waals surface area (Å²) >= 11 is 9.44. The zero-order chi connectivity index (χ0) is 18.0. The van der Waals surface area contributed by atoms with Crippen LogP contribution in [0.25, 0.3) is 10.8 Å². The molecule has 0 radical (unpaired) electrons. The number of ether oxygens (including phenoxy) is 1. The average Bonchev–Trinajstić information content (AvgIpc) is 2.62. The van der Waals surface area contributed by atoms with E-state index >= 15 is 0 Å². The quantitative estimate of drug-likeness (QED) is 0.504. The van der Waals surface area contributed by atoms with Gasteiger partial charge in [-0.15, -0.1) is 11.6 Å². The fraction of sp³-hybridized carbons (Fsp3) is 0.167. The minimum absolute atomic E-state index is 0.0331. The highest BCUT2D eigenvalue weighted by Gasteiger charge is 2.13. The number of aromatic nitrogens is 1. The molecule has 1 aromatic heterocycles. The SMILES string of the molecule is CCS(=O)(=O)c1ccc(Oc2cc(CCl)cc3ccc(Br)cc23)nc1. The van der Waals surface area contributed by atoms with Crippen molar-refractivity contribution in [2.24, 2.45) is 0 Å². The molecule has 2 aromatic carbocycles. The first-order chi connectivity index (χ1) is 11.9. The van der Waals surface area contributed by atoms with Crippen LogP contribution in [0, 0.1) is 0 Å². The standard InChI is InChI=1S/C18H15BrClNO3S/c1-2-25(22,23)15-5-6-18(21-11-15)24-17-8-12(10-20)7-13-3-4-14(19)9-16(13)17/h3-9,11H,2,10H2,1H3. The van der Waals surface area contributed by atoms with Crippen molar-refractivity contribution in [1.29, 1.82) is 0 Å². The van der Waals surface area contributed by atoms with Gasteiger partial charge in [-0.1, -0.05) is 28.9 Å². The summed E-state index contributed by atoms with van der Waals surface area (Å²) in [5, 5.41) is 1.91. The molecular weight excluding hydrogens is 426 g/mol. The maximum atomic E-state index is 11.9. The van der Waals surface area contributed by atoms with Gasteiger partial charge in [0.1, 0.15) is 5.75 Å². The molecule has 1 heterocycles. The number of benzene rings is 2. The first-order valence-corrected chi connectivity index (χ1v) is 10.6. The molecule has 0 unspecified atom stereocenters. The summed E-state index contributed by atoms with van der Waals surface area (Å²) in [6, 6.07) is 12.8. The van der Waals surface area contributed by atoms with Crippen molar-refractivity contribution in [3.05, 3.63) is 58.7 Å². The minimum Gasteiger partial charge on any atom is -0.438 e. The minimum atomic E-state index is -3.28. The molecule has 7 heteroatoms. The molecule has 0 bridgehead atoms. The van der Waals surface area contributed by atoms with E-state index in [1.807, 2.05) is 30.3 Å². The molecule has 4 nitrogen and oxygen atoms in total. The molecule has 25 heavy (non-hydrogen) atoms. The molecule has 0 saturated carbocycles. The van der Waals surface area contributed by atoms with Crippen molar-refractivity contribution in [3.63, 3.8) is 0 Å². The van der Waals surface area contributed by atoms with Gasteiger partial charge in [0.25, 0.3) is 0 Å². The summed E-state index contributed by atoms with van der Waals surface area (Å²) in [6.45, 7) is 1.60.